The van der Waals surface area contributed by atoms with Crippen LogP contribution < -0.4 is 5.32 Å². The molecule has 0 unspecified atom stereocenters. The lowest BCUT2D eigenvalue weighted by Gasteiger charge is -2.13. The molecule has 8 heteroatoms. The number of hydrogen-bond acceptors (Lipinski definition) is 6. The number of fused-ring (bicyclic) bond motifs is 3. The van der Waals surface area contributed by atoms with Crippen LogP contribution in [0.25, 0.3) is 21.6 Å². The van der Waals surface area contributed by atoms with Crippen molar-refractivity contribution in [3.8, 4) is 11.4 Å². The first-order valence-electron chi connectivity index (χ1n) is 9.68. The highest BCUT2D eigenvalue weighted by Crippen LogP contribution is 2.40. The van der Waals surface area contributed by atoms with E-state index < -0.39 is 4.92 Å². The van der Waals surface area contributed by atoms with Gasteiger partial charge in [-0.25, -0.2) is 9.97 Å². The summed E-state index contributed by atoms with van der Waals surface area (Å²) >= 11 is 5.26. The predicted molar refractivity (Wildman–Crippen MR) is 124 cm³/mol. The van der Waals surface area contributed by atoms with Crippen LogP contribution in [0.3, 0.4) is 0 Å². The van der Waals surface area contributed by atoms with Gasteiger partial charge in [-0.05, 0) is 61.6 Å². The van der Waals surface area contributed by atoms with E-state index in [2.05, 4.69) is 21.2 Å². The highest BCUT2D eigenvalue weighted by Gasteiger charge is 2.22. The standard InChI is InChI=1S/C22H17BrN4O2S/c23-14-4-3-5-15(12-14)24-21-19-17-6-1-2-7-18(17)30-22(19)26-20(25-21)13-8-10-16(11-9-13)27(28)29/h3-5,8-12H,1-2,6-7H2,(H,24,25,26). The van der Waals surface area contributed by atoms with Crippen molar-refractivity contribution in [3.05, 3.63) is 73.6 Å². The number of non-ortho nitro benzene ring substituents is 1. The van der Waals surface area contributed by atoms with Gasteiger partial charge in [-0.2, -0.15) is 0 Å². The maximum absolute atomic E-state index is 11.0. The van der Waals surface area contributed by atoms with Crippen molar-refractivity contribution < 1.29 is 4.92 Å². The minimum Gasteiger partial charge on any atom is -0.340 e. The van der Waals surface area contributed by atoms with Crippen LogP contribution in [0.1, 0.15) is 23.3 Å². The summed E-state index contributed by atoms with van der Waals surface area (Å²) in [7, 11) is 0. The van der Waals surface area contributed by atoms with Crippen molar-refractivity contribution in [1.82, 2.24) is 9.97 Å². The summed E-state index contributed by atoms with van der Waals surface area (Å²) < 4.78 is 0.987. The molecule has 2 heterocycles. The second-order valence-corrected chi connectivity index (χ2v) is 9.23. The average Bonchev–Trinajstić information content (AvgIpc) is 3.12. The van der Waals surface area contributed by atoms with Crippen LogP contribution in [0, 0.1) is 10.1 Å². The van der Waals surface area contributed by atoms with E-state index in [0.717, 1.165) is 44.6 Å². The number of aryl methyl sites for hydroxylation is 2. The first-order chi connectivity index (χ1) is 14.6. The number of nitro benzene ring substituents is 1. The van der Waals surface area contributed by atoms with E-state index in [1.807, 2.05) is 24.3 Å². The molecule has 4 aromatic rings. The number of nitrogens with zero attached hydrogens (tertiary/aromatic N) is 3. The van der Waals surface area contributed by atoms with Crippen molar-refractivity contribution in [1.29, 1.82) is 0 Å². The first kappa shape index (κ1) is 19.1. The number of aromatic nitrogens is 2. The third-order valence-electron chi connectivity index (χ3n) is 5.24. The summed E-state index contributed by atoms with van der Waals surface area (Å²) in [6, 6.07) is 14.4. The summed E-state index contributed by atoms with van der Waals surface area (Å²) in [5.41, 5.74) is 3.11. The molecule has 1 aliphatic rings. The van der Waals surface area contributed by atoms with Gasteiger partial charge in [0.05, 0.1) is 10.3 Å². The molecule has 150 valence electrons. The third-order valence-corrected chi connectivity index (χ3v) is 6.92. The number of rotatable bonds is 4. The van der Waals surface area contributed by atoms with Gasteiger partial charge in [0.15, 0.2) is 5.82 Å². The Balaban J connectivity index is 1.66. The van der Waals surface area contributed by atoms with Crippen molar-refractivity contribution in [2.24, 2.45) is 0 Å². The summed E-state index contributed by atoms with van der Waals surface area (Å²) in [6.45, 7) is 0. The second-order valence-electron chi connectivity index (χ2n) is 7.23. The quantitative estimate of drug-likeness (QED) is 0.261. The van der Waals surface area contributed by atoms with E-state index >= 15 is 0 Å². The van der Waals surface area contributed by atoms with E-state index in [1.165, 1.54) is 35.4 Å². The highest BCUT2D eigenvalue weighted by atomic mass is 79.9. The van der Waals surface area contributed by atoms with Gasteiger partial charge < -0.3 is 5.32 Å². The fraction of sp³-hybridized carbons (Fsp3) is 0.182. The van der Waals surface area contributed by atoms with Gasteiger partial charge in [0.25, 0.3) is 5.69 Å². The maximum atomic E-state index is 11.0. The van der Waals surface area contributed by atoms with Gasteiger partial charge in [-0.15, -0.1) is 11.3 Å². The molecule has 2 aromatic heterocycles. The zero-order valence-corrected chi connectivity index (χ0v) is 18.3. The monoisotopic (exact) mass is 480 g/mol. The van der Waals surface area contributed by atoms with Crippen LogP contribution in [0.5, 0.6) is 0 Å². The maximum Gasteiger partial charge on any atom is 0.269 e. The lowest BCUT2D eigenvalue weighted by molar-refractivity contribution is -0.384. The largest absolute Gasteiger partial charge is 0.340 e. The number of nitrogens with one attached hydrogen (secondary N) is 1. The van der Waals surface area contributed by atoms with E-state index in [0.29, 0.717) is 5.82 Å². The van der Waals surface area contributed by atoms with Gasteiger partial charge in [0.1, 0.15) is 10.6 Å². The molecule has 0 fully saturated rings. The van der Waals surface area contributed by atoms with Crippen LogP contribution in [0.4, 0.5) is 17.2 Å². The van der Waals surface area contributed by atoms with E-state index in [4.69, 9.17) is 9.97 Å². The minimum atomic E-state index is -0.401. The molecule has 0 bridgehead atoms. The zero-order valence-electron chi connectivity index (χ0n) is 15.9. The van der Waals surface area contributed by atoms with Crippen LogP contribution in [-0.2, 0) is 12.8 Å². The molecule has 0 radical (unpaired) electrons. The van der Waals surface area contributed by atoms with Crippen LogP contribution in [-0.4, -0.2) is 14.9 Å². The zero-order chi connectivity index (χ0) is 20.7. The molecular formula is C22H17BrN4O2S. The molecular weight excluding hydrogens is 464 g/mol. The average molecular weight is 481 g/mol. The van der Waals surface area contributed by atoms with E-state index in [-0.39, 0.29) is 5.69 Å². The van der Waals surface area contributed by atoms with Gasteiger partial charge >= 0.3 is 0 Å². The molecule has 5 rings (SSSR count). The van der Waals surface area contributed by atoms with Crippen LogP contribution in [0.15, 0.2) is 53.0 Å². The highest BCUT2D eigenvalue weighted by molar-refractivity contribution is 9.10. The van der Waals surface area contributed by atoms with Gasteiger partial charge in [0.2, 0.25) is 0 Å². The molecule has 0 amide bonds. The summed E-state index contributed by atoms with van der Waals surface area (Å²) in [5.74, 6) is 1.35. The van der Waals surface area contributed by atoms with Gasteiger partial charge in [0, 0.05) is 32.7 Å². The van der Waals surface area contributed by atoms with E-state index in [9.17, 15) is 10.1 Å². The fourth-order valence-electron chi connectivity index (χ4n) is 3.81. The molecule has 0 aliphatic heterocycles. The Bertz CT molecular complexity index is 1270. The van der Waals surface area contributed by atoms with E-state index in [1.54, 1.807) is 23.5 Å². The molecule has 30 heavy (non-hydrogen) atoms. The fourth-order valence-corrected chi connectivity index (χ4v) is 5.47. The van der Waals surface area contributed by atoms with Crippen molar-refractivity contribution in [3.63, 3.8) is 0 Å². The minimum absolute atomic E-state index is 0.0545. The van der Waals surface area contributed by atoms with Crippen molar-refractivity contribution in [2.75, 3.05) is 5.32 Å². The van der Waals surface area contributed by atoms with Crippen molar-refractivity contribution in [2.45, 2.75) is 25.7 Å². The van der Waals surface area contributed by atoms with Crippen molar-refractivity contribution >= 4 is 54.7 Å². The normalized spacial score (nSPS) is 13.2. The number of benzene rings is 2. The first-order valence-corrected chi connectivity index (χ1v) is 11.3. The summed E-state index contributed by atoms with van der Waals surface area (Å²) in [6.07, 6.45) is 4.51. The number of nitro groups is 1. The number of thiophene rings is 1. The summed E-state index contributed by atoms with van der Waals surface area (Å²) in [5, 5.41) is 15.6. The number of halogens is 1. The molecule has 2 aromatic carbocycles. The lowest BCUT2D eigenvalue weighted by atomic mass is 9.97. The van der Waals surface area contributed by atoms with Gasteiger partial charge in [-0.1, -0.05) is 22.0 Å². The van der Waals surface area contributed by atoms with Crippen LogP contribution >= 0.6 is 27.3 Å². The summed E-state index contributed by atoms with van der Waals surface area (Å²) in [4.78, 5) is 22.6. The Labute approximate surface area is 185 Å². The molecule has 6 nitrogen and oxygen atoms in total. The number of hydrogen-bond donors (Lipinski definition) is 1. The Morgan fingerprint density at radius 3 is 2.63 bits per heavy atom. The Morgan fingerprint density at radius 2 is 1.87 bits per heavy atom. The smallest absolute Gasteiger partial charge is 0.269 e. The Morgan fingerprint density at radius 1 is 1.07 bits per heavy atom. The third kappa shape index (κ3) is 3.57. The molecule has 0 saturated carbocycles. The molecule has 0 saturated heterocycles. The Kier molecular flexibility index (Phi) is 4.96. The topological polar surface area (TPSA) is 81.0 Å². The SMILES string of the molecule is O=[N+]([O-])c1ccc(-c2nc(Nc3cccc(Br)c3)c3c4c(sc3n2)CCCC4)cc1. The van der Waals surface area contributed by atoms with Gasteiger partial charge in [-0.3, -0.25) is 10.1 Å². The second kappa shape index (κ2) is 7.77. The molecule has 0 atom stereocenters. The lowest BCUT2D eigenvalue weighted by Crippen LogP contribution is -2.02. The molecule has 0 spiro atoms. The van der Waals surface area contributed by atoms with Crippen LogP contribution in [0.2, 0.25) is 0 Å². The molecule has 1 N–H and O–H groups in total. The number of anilines is 2. The Hall–Kier alpha value is -2.84. The molecule has 1 aliphatic carbocycles. The predicted octanol–water partition coefficient (Wildman–Crippen LogP) is 6.65.